The third-order valence-corrected chi connectivity index (χ3v) is 7.71. The Morgan fingerprint density at radius 2 is 0.953 bits per heavy atom. The summed E-state index contributed by atoms with van der Waals surface area (Å²) in [4.78, 5) is 14.8. The fourth-order valence-electron chi connectivity index (χ4n) is 5.52. The molecule has 0 spiro atoms. The maximum atomic E-state index is 6.33. The first kappa shape index (κ1) is 24.9. The minimum absolute atomic E-state index is 0.625. The zero-order valence-corrected chi connectivity index (χ0v) is 23.2. The summed E-state index contributed by atoms with van der Waals surface area (Å²) in [6.45, 7) is 0. The van der Waals surface area contributed by atoms with Crippen molar-refractivity contribution in [1.82, 2.24) is 15.0 Å². The molecule has 2 heterocycles. The summed E-state index contributed by atoms with van der Waals surface area (Å²) in [5.74, 6) is 1.31. The Hall–Kier alpha value is -5.87. The van der Waals surface area contributed by atoms with Gasteiger partial charge in [0.15, 0.2) is 11.4 Å². The summed E-state index contributed by atoms with van der Waals surface area (Å²) in [7, 11) is 0. The fraction of sp³-hybridized carbons (Fsp3) is 0. The molecule has 0 bridgehead atoms. The molecule has 0 N–H and O–H groups in total. The van der Waals surface area contributed by atoms with Gasteiger partial charge in [-0.05, 0) is 52.9 Å². The van der Waals surface area contributed by atoms with Gasteiger partial charge in [0.05, 0.1) is 11.4 Å². The Morgan fingerprint density at radius 3 is 1.63 bits per heavy atom. The first-order chi connectivity index (χ1) is 21.3. The van der Waals surface area contributed by atoms with Gasteiger partial charge in [-0.3, -0.25) is 0 Å². The van der Waals surface area contributed by atoms with E-state index in [0.717, 1.165) is 66.6 Å². The van der Waals surface area contributed by atoms with Crippen molar-refractivity contribution in [3.8, 4) is 56.5 Å². The fourth-order valence-corrected chi connectivity index (χ4v) is 5.52. The lowest BCUT2D eigenvalue weighted by Crippen LogP contribution is -1.96. The zero-order chi connectivity index (χ0) is 28.6. The predicted molar refractivity (Wildman–Crippen MR) is 174 cm³/mol. The van der Waals surface area contributed by atoms with E-state index in [0.29, 0.717) is 11.7 Å². The summed E-state index contributed by atoms with van der Waals surface area (Å²) in [5.41, 5.74) is 9.61. The van der Waals surface area contributed by atoms with Gasteiger partial charge in [0.1, 0.15) is 5.52 Å². The van der Waals surface area contributed by atoms with E-state index in [9.17, 15) is 0 Å². The third-order valence-electron chi connectivity index (χ3n) is 7.71. The first-order valence-electron chi connectivity index (χ1n) is 14.3. The summed E-state index contributed by atoms with van der Waals surface area (Å²) in [5, 5.41) is 2.14. The Balaban J connectivity index is 1.24. The van der Waals surface area contributed by atoms with Crippen LogP contribution in [0.5, 0.6) is 0 Å². The number of oxazole rings is 1. The second-order valence-electron chi connectivity index (χ2n) is 10.5. The minimum Gasteiger partial charge on any atom is -0.435 e. The second-order valence-corrected chi connectivity index (χ2v) is 10.5. The Bertz CT molecular complexity index is 2170. The summed E-state index contributed by atoms with van der Waals surface area (Å²) in [6, 6.07) is 51.6. The highest BCUT2D eigenvalue weighted by Gasteiger charge is 2.14. The molecule has 0 aliphatic carbocycles. The molecule has 202 valence electrons. The Morgan fingerprint density at radius 1 is 0.395 bits per heavy atom. The average molecular weight is 552 g/mol. The summed E-state index contributed by atoms with van der Waals surface area (Å²) >= 11 is 0. The van der Waals surface area contributed by atoms with Crippen LogP contribution in [0.3, 0.4) is 0 Å². The van der Waals surface area contributed by atoms with Gasteiger partial charge >= 0.3 is 0 Å². The van der Waals surface area contributed by atoms with Gasteiger partial charge in [-0.2, -0.15) is 0 Å². The van der Waals surface area contributed by atoms with E-state index in [2.05, 4.69) is 78.9 Å². The molecule has 4 nitrogen and oxygen atoms in total. The van der Waals surface area contributed by atoms with Crippen molar-refractivity contribution >= 4 is 21.9 Å². The van der Waals surface area contributed by atoms with Crippen molar-refractivity contribution in [2.75, 3.05) is 0 Å². The zero-order valence-electron chi connectivity index (χ0n) is 23.2. The van der Waals surface area contributed by atoms with Gasteiger partial charge in [-0.25, -0.2) is 15.0 Å². The van der Waals surface area contributed by atoms with Crippen LogP contribution in [0.4, 0.5) is 0 Å². The largest absolute Gasteiger partial charge is 0.435 e. The lowest BCUT2D eigenvalue weighted by atomic mass is 9.99. The van der Waals surface area contributed by atoms with Gasteiger partial charge in [0, 0.05) is 27.6 Å². The van der Waals surface area contributed by atoms with Crippen LogP contribution in [0.25, 0.3) is 78.4 Å². The van der Waals surface area contributed by atoms with Crippen molar-refractivity contribution in [1.29, 1.82) is 0 Å². The van der Waals surface area contributed by atoms with Crippen LogP contribution in [0, 0.1) is 0 Å². The maximum absolute atomic E-state index is 6.33. The topological polar surface area (TPSA) is 51.8 Å². The van der Waals surface area contributed by atoms with Crippen LogP contribution < -0.4 is 0 Å². The average Bonchev–Trinajstić information content (AvgIpc) is 3.54. The van der Waals surface area contributed by atoms with Crippen molar-refractivity contribution in [2.45, 2.75) is 0 Å². The van der Waals surface area contributed by atoms with Gasteiger partial charge in [0.2, 0.25) is 5.89 Å². The van der Waals surface area contributed by atoms with Gasteiger partial charge in [-0.1, -0.05) is 115 Å². The molecule has 0 atom stereocenters. The molecular formula is C39H25N3O. The van der Waals surface area contributed by atoms with E-state index >= 15 is 0 Å². The molecule has 0 radical (unpaired) electrons. The predicted octanol–water partition coefficient (Wildman–Crippen LogP) is 10.1. The van der Waals surface area contributed by atoms with Crippen LogP contribution in [-0.2, 0) is 0 Å². The van der Waals surface area contributed by atoms with Crippen molar-refractivity contribution < 1.29 is 4.42 Å². The van der Waals surface area contributed by atoms with Crippen LogP contribution in [-0.4, -0.2) is 15.0 Å². The lowest BCUT2D eigenvalue weighted by molar-refractivity contribution is 0.623. The number of rotatable bonds is 5. The summed E-state index contributed by atoms with van der Waals surface area (Å²) in [6.07, 6.45) is 0. The Labute approximate surface area is 249 Å². The third kappa shape index (κ3) is 4.75. The van der Waals surface area contributed by atoms with Crippen LogP contribution in [0.1, 0.15) is 0 Å². The van der Waals surface area contributed by atoms with E-state index in [1.165, 1.54) is 0 Å². The Kier molecular flexibility index (Phi) is 6.08. The molecule has 0 fully saturated rings. The van der Waals surface area contributed by atoms with E-state index in [1.54, 1.807) is 0 Å². The number of fused-ring (bicyclic) bond motifs is 3. The highest BCUT2D eigenvalue weighted by atomic mass is 16.3. The summed E-state index contributed by atoms with van der Waals surface area (Å²) < 4.78 is 6.33. The number of aromatic nitrogens is 3. The maximum Gasteiger partial charge on any atom is 0.227 e. The molecule has 0 aliphatic heterocycles. The molecular weight excluding hydrogens is 526 g/mol. The van der Waals surface area contributed by atoms with E-state index in [1.807, 2.05) is 72.8 Å². The van der Waals surface area contributed by atoms with Gasteiger partial charge < -0.3 is 4.42 Å². The highest BCUT2D eigenvalue weighted by Crippen LogP contribution is 2.34. The first-order valence-corrected chi connectivity index (χ1v) is 14.3. The van der Waals surface area contributed by atoms with Gasteiger partial charge in [0.25, 0.3) is 0 Å². The number of hydrogen-bond acceptors (Lipinski definition) is 4. The van der Waals surface area contributed by atoms with Crippen molar-refractivity contribution in [3.05, 3.63) is 152 Å². The molecule has 4 heteroatoms. The SMILES string of the molecule is c1ccc(-c2cc(-c3ccccc3)nc(-c3cccc(-c4ccc5ccc6nc(-c7ccccc7)oc6c5c4)c3)n2)cc1. The number of hydrogen-bond donors (Lipinski definition) is 0. The van der Waals surface area contributed by atoms with Crippen LogP contribution in [0.15, 0.2) is 156 Å². The molecule has 0 unspecified atom stereocenters. The van der Waals surface area contributed by atoms with E-state index in [4.69, 9.17) is 19.4 Å². The molecule has 2 aromatic heterocycles. The normalized spacial score (nSPS) is 11.3. The van der Waals surface area contributed by atoms with E-state index in [-0.39, 0.29) is 0 Å². The lowest BCUT2D eigenvalue weighted by Gasteiger charge is -2.11. The molecule has 0 saturated carbocycles. The van der Waals surface area contributed by atoms with Gasteiger partial charge in [-0.15, -0.1) is 0 Å². The monoisotopic (exact) mass is 551 g/mol. The molecule has 43 heavy (non-hydrogen) atoms. The molecule has 0 amide bonds. The smallest absolute Gasteiger partial charge is 0.227 e. The highest BCUT2D eigenvalue weighted by molar-refractivity contribution is 6.05. The molecule has 0 saturated heterocycles. The van der Waals surface area contributed by atoms with Crippen LogP contribution >= 0.6 is 0 Å². The van der Waals surface area contributed by atoms with Crippen molar-refractivity contribution in [3.63, 3.8) is 0 Å². The quantitative estimate of drug-likeness (QED) is 0.214. The van der Waals surface area contributed by atoms with Crippen LogP contribution in [0.2, 0.25) is 0 Å². The molecule has 8 rings (SSSR count). The number of benzene rings is 6. The minimum atomic E-state index is 0.625. The molecule has 6 aromatic carbocycles. The van der Waals surface area contributed by atoms with E-state index < -0.39 is 0 Å². The standard InChI is InChI=1S/C39H25N3O/c1-4-11-27(12-5-1)35-25-36(28-13-6-2-7-14-28)41-38(40-35)32-18-10-17-30(23-32)31-20-19-26-21-22-34-37(33(26)24-31)43-39(42-34)29-15-8-3-9-16-29/h1-25H. The van der Waals surface area contributed by atoms with Crippen molar-refractivity contribution in [2.24, 2.45) is 0 Å². The second kappa shape index (κ2) is 10.5. The number of nitrogens with zero attached hydrogens (tertiary/aromatic N) is 3. The molecule has 0 aliphatic rings. The molecule has 8 aromatic rings.